The van der Waals surface area contributed by atoms with Crippen LogP contribution in [0.25, 0.3) is 6.08 Å². The van der Waals surface area contributed by atoms with E-state index in [1.54, 1.807) is 42.5 Å². The number of aromatic carboxylic acids is 1. The van der Waals surface area contributed by atoms with Crippen LogP contribution in [-0.4, -0.2) is 28.9 Å². The first-order chi connectivity index (χ1) is 17.3. The van der Waals surface area contributed by atoms with E-state index in [4.69, 9.17) is 9.84 Å². The maximum Gasteiger partial charge on any atom is 0.335 e. The number of benzene rings is 3. The summed E-state index contributed by atoms with van der Waals surface area (Å²) < 4.78 is 6.39. The van der Waals surface area contributed by atoms with Crippen LogP contribution in [0.2, 0.25) is 0 Å². The lowest BCUT2D eigenvalue weighted by Crippen LogP contribution is -2.54. The maximum atomic E-state index is 13.1. The number of carbonyl (C=O) groups is 4. The highest BCUT2D eigenvalue weighted by Gasteiger charge is 2.36. The van der Waals surface area contributed by atoms with Crippen molar-refractivity contribution in [3.05, 3.63) is 99.0 Å². The molecule has 0 spiro atoms. The summed E-state index contributed by atoms with van der Waals surface area (Å²) >= 11 is 3.44. The van der Waals surface area contributed by atoms with Crippen LogP contribution in [0, 0.1) is 0 Å². The van der Waals surface area contributed by atoms with E-state index < -0.39 is 23.8 Å². The zero-order chi connectivity index (χ0) is 25.8. The summed E-state index contributed by atoms with van der Waals surface area (Å²) in [5.74, 6) is -1.96. The Labute approximate surface area is 215 Å². The number of amides is 4. The number of anilines is 1. The molecule has 0 unspecified atom stereocenters. The molecule has 3 aromatic carbocycles. The Morgan fingerprint density at radius 3 is 2.28 bits per heavy atom. The Morgan fingerprint density at radius 1 is 1.00 bits per heavy atom. The second-order valence-corrected chi connectivity index (χ2v) is 8.81. The fourth-order valence-corrected chi connectivity index (χ4v) is 4.08. The van der Waals surface area contributed by atoms with Gasteiger partial charge in [-0.1, -0.05) is 37.3 Å². The number of hydrogen-bond donors (Lipinski definition) is 2. The van der Waals surface area contributed by atoms with Crippen LogP contribution in [0.5, 0.6) is 5.75 Å². The highest BCUT2D eigenvalue weighted by Crippen LogP contribution is 2.29. The highest BCUT2D eigenvalue weighted by atomic mass is 79.9. The summed E-state index contributed by atoms with van der Waals surface area (Å²) in [7, 11) is 0. The van der Waals surface area contributed by atoms with E-state index in [1.165, 1.54) is 18.2 Å². The number of nitrogens with one attached hydrogen (secondary N) is 1. The van der Waals surface area contributed by atoms with Gasteiger partial charge in [-0.25, -0.2) is 14.5 Å². The van der Waals surface area contributed by atoms with Gasteiger partial charge in [0.25, 0.3) is 11.8 Å². The summed E-state index contributed by atoms with van der Waals surface area (Å²) in [5.41, 5.74) is 2.79. The largest absolute Gasteiger partial charge is 0.488 e. The molecular weight excluding hydrogens is 528 g/mol. The van der Waals surface area contributed by atoms with Gasteiger partial charge in [0.1, 0.15) is 17.9 Å². The molecule has 0 bridgehead atoms. The normalized spacial score (nSPS) is 14.7. The number of barbiturate groups is 1. The fraction of sp³-hybridized carbons (Fsp3) is 0.111. The Hall–Kier alpha value is -4.24. The number of halogens is 1. The summed E-state index contributed by atoms with van der Waals surface area (Å²) in [4.78, 5) is 49.9. The van der Waals surface area contributed by atoms with Gasteiger partial charge in [-0.2, -0.15) is 0 Å². The lowest BCUT2D eigenvalue weighted by molar-refractivity contribution is -0.122. The van der Waals surface area contributed by atoms with E-state index in [2.05, 4.69) is 21.2 Å². The Morgan fingerprint density at radius 2 is 1.67 bits per heavy atom. The molecule has 1 heterocycles. The number of ether oxygens (including phenoxy) is 1. The molecule has 3 aromatic rings. The zero-order valence-electron chi connectivity index (χ0n) is 19.2. The van der Waals surface area contributed by atoms with Crippen LogP contribution in [0.1, 0.15) is 34.0 Å². The number of nitrogens with zero attached hydrogens (tertiary/aromatic N) is 1. The molecule has 0 atom stereocenters. The number of carbonyl (C=O) groups excluding carboxylic acids is 3. The van der Waals surface area contributed by atoms with Crippen LogP contribution < -0.4 is 15.0 Å². The standard InChI is InChI=1S/C27H21BrN2O6/c1-2-16-5-10-20(11-6-16)30-25(32)21(24(31)29-27(30)35)13-18-7-12-23(22(28)14-18)36-15-17-3-8-19(9-4-17)26(33)34/h3-14H,2,15H2,1H3,(H,33,34)(H,29,31,35)/b21-13-. The van der Waals surface area contributed by atoms with Crippen molar-refractivity contribution in [1.29, 1.82) is 0 Å². The van der Waals surface area contributed by atoms with Crippen molar-refractivity contribution in [1.82, 2.24) is 5.32 Å². The van der Waals surface area contributed by atoms with Gasteiger partial charge in [0.05, 0.1) is 15.7 Å². The smallest absolute Gasteiger partial charge is 0.335 e. The molecule has 4 amide bonds. The molecule has 0 saturated carbocycles. The minimum absolute atomic E-state index is 0.173. The molecule has 8 nitrogen and oxygen atoms in total. The van der Waals surface area contributed by atoms with Crippen LogP contribution in [0.4, 0.5) is 10.5 Å². The second kappa shape index (κ2) is 10.6. The van der Waals surface area contributed by atoms with Gasteiger partial charge in [-0.05, 0) is 81.5 Å². The Balaban J connectivity index is 1.52. The highest BCUT2D eigenvalue weighted by molar-refractivity contribution is 9.10. The number of urea groups is 1. The Kier molecular flexibility index (Phi) is 7.30. The minimum Gasteiger partial charge on any atom is -0.488 e. The third-order valence-electron chi connectivity index (χ3n) is 5.57. The van der Waals surface area contributed by atoms with E-state index >= 15 is 0 Å². The van der Waals surface area contributed by atoms with Gasteiger partial charge in [-0.3, -0.25) is 14.9 Å². The molecule has 0 radical (unpaired) electrons. The van der Waals surface area contributed by atoms with Crippen LogP contribution in [0.15, 0.2) is 76.8 Å². The van der Waals surface area contributed by atoms with Gasteiger partial charge in [0.15, 0.2) is 0 Å². The van der Waals surface area contributed by atoms with Crippen molar-refractivity contribution in [2.75, 3.05) is 4.90 Å². The van der Waals surface area contributed by atoms with Crippen molar-refractivity contribution >= 4 is 51.5 Å². The van der Waals surface area contributed by atoms with Crippen molar-refractivity contribution in [2.24, 2.45) is 0 Å². The predicted octanol–water partition coefficient (Wildman–Crippen LogP) is 4.96. The average molecular weight is 549 g/mol. The maximum absolute atomic E-state index is 13.1. The average Bonchev–Trinajstić information content (AvgIpc) is 2.86. The molecule has 1 aliphatic heterocycles. The molecule has 9 heteroatoms. The molecule has 1 saturated heterocycles. The SMILES string of the molecule is CCc1ccc(N2C(=O)NC(=O)/C(=C/c3ccc(OCc4ccc(C(=O)O)cc4)c(Br)c3)C2=O)cc1. The number of carboxylic acid groups (broad SMARTS) is 1. The van der Waals surface area contributed by atoms with Gasteiger partial charge in [-0.15, -0.1) is 0 Å². The van der Waals surface area contributed by atoms with Crippen molar-refractivity contribution in [3.8, 4) is 5.75 Å². The third-order valence-corrected chi connectivity index (χ3v) is 6.19. The van der Waals surface area contributed by atoms with Crippen LogP contribution in [-0.2, 0) is 22.6 Å². The third kappa shape index (κ3) is 5.36. The number of aryl methyl sites for hydroxylation is 1. The fourth-order valence-electron chi connectivity index (χ4n) is 3.57. The topological polar surface area (TPSA) is 113 Å². The van der Waals surface area contributed by atoms with Gasteiger partial charge in [0, 0.05) is 0 Å². The van der Waals surface area contributed by atoms with Crippen molar-refractivity contribution < 1.29 is 29.0 Å². The monoisotopic (exact) mass is 548 g/mol. The molecule has 0 aliphatic carbocycles. The molecule has 2 N–H and O–H groups in total. The number of carboxylic acids is 1. The molecule has 36 heavy (non-hydrogen) atoms. The molecule has 4 rings (SSSR count). The van der Waals surface area contributed by atoms with Gasteiger partial charge < -0.3 is 9.84 Å². The Bertz CT molecular complexity index is 1380. The van der Waals surface area contributed by atoms with Crippen LogP contribution in [0.3, 0.4) is 0 Å². The first-order valence-electron chi connectivity index (χ1n) is 11.0. The van der Waals surface area contributed by atoms with Crippen LogP contribution >= 0.6 is 15.9 Å². The van der Waals surface area contributed by atoms with E-state index in [0.717, 1.165) is 22.4 Å². The van der Waals surface area contributed by atoms with E-state index in [-0.39, 0.29) is 17.7 Å². The molecular formula is C27H21BrN2O6. The number of imide groups is 2. The minimum atomic E-state index is -0.998. The summed E-state index contributed by atoms with van der Waals surface area (Å²) in [5, 5.41) is 11.2. The zero-order valence-corrected chi connectivity index (χ0v) is 20.7. The first kappa shape index (κ1) is 24.9. The van der Waals surface area contributed by atoms with E-state index in [0.29, 0.717) is 21.5 Å². The lowest BCUT2D eigenvalue weighted by atomic mass is 10.1. The van der Waals surface area contributed by atoms with Crippen molar-refractivity contribution in [2.45, 2.75) is 20.0 Å². The molecule has 0 aromatic heterocycles. The summed E-state index contributed by atoms with van der Waals surface area (Å²) in [6.45, 7) is 2.22. The van der Waals surface area contributed by atoms with Gasteiger partial charge >= 0.3 is 12.0 Å². The molecule has 182 valence electrons. The van der Waals surface area contributed by atoms with E-state index in [1.807, 2.05) is 19.1 Å². The van der Waals surface area contributed by atoms with Crippen molar-refractivity contribution in [3.63, 3.8) is 0 Å². The van der Waals surface area contributed by atoms with E-state index in [9.17, 15) is 19.2 Å². The summed E-state index contributed by atoms with van der Waals surface area (Å²) in [6.07, 6.45) is 2.23. The quantitative estimate of drug-likeness (QED) is 0.319. The molecule has 1 aliphatic rings. The number of rotatable bonds is 7. The summed E-state index contributed by atoms with van der Waals surface area (Å²) in [6, 6.07) is 17.6. The number of hydrogen-bond acceptors (Lipinski definition) is 5. The van der Waals surface area contributed by atoms with Gasteiger partial charge in [0.2, 0.25) is 0 Å². The first-order valence-corrected chi connectivity index (χ1v) is 11.8. The lowest BCUT2D eigenvalue weighted by Gasteiger charge is -2.26. The second-order valence-electron chi connectivity index (χ2n) is 7.96. The predicted molar refractivity (Wildman–Crippen MR) is 137 cm³/mol. The molecule has 1 fully saturated rings.